The van der Waals surface area contributed by atoms with Gasteiger partial charge in [0, 0.05) is 30.1 Å². The molecule has 6 aliphatic rings. The van der Waals surface area contributed by atoms with Crippen molar-refractivity contribution in [2.24, 2.45) is 17.3 Å². The van der Waals surface area contributed by atoms with Crippen LogP contribution < -0.4 is 0 Å². The molecular formula is C21H35N3. The van der Waals surface area contributed by atoms with Gasteiger partial charge < -0.3 is 0 Å². The van der Waals surface area contributed by atoms with Crippen molar-refractivity contribution in [3.63, 3.8) is 0 Å². The molecule has 6 rings (SSSR count). The maximum absolute atomic E-state index is 3.00. The lowest BCUT2D eigenvalue weighted by molar-refractivity contribution is -0.215. The van der Waals surface area contributed by atoms with Crippen LogP contribution in [0.2, 0.25) is 0 Å². The van der Waals surface area contributed by atoms with Crippen molar-refractivity contribution >= 4 is 0 Å². The minimum Gasteiger partial charge on any atom is -0.299 e. The first-order valence-electron chi connectivity index (χ1n) is 11.1. The number of piperidine rings is 4. The molecule has 3 nitrogen and oxygen atoms in total. The molecule has 1 aliphatic carbocycles. The van der Waals surface area contributed by atoms with E-state index in [1.165, 1.54) is 77.8 Å². The summed E-state index contributed by atoms with van der Waals surface area (Å²) in [6.07, 6.45) is 15.1. The van der Waals surface area contributed by atoms with E-state index in [2.05, 4.69) is 14.7 Å². The van der Waals surface area contributed by atoms with E-state index in [0.717, 1.165) is 30.0 Å². The maximum atomic E-state index is 3.00. The van der Waals surface area contributed by atoms with E-state index in [0.29, 0.717) is 5.41 Å². The molecule has 24 heavy (non-hydrogen) atoms. The summed E-state index contributed by atoms with van der Waals surface area (Å²) in [6.45, 7) is 6.94. The van der Waals surface area contributed by atoms with Crippen molar-refractivity contribution in [1.29, 1.82) is 0 Å². The summed E-state index contributed by atoms with van der Waals surface area (Å²) in [6, 6.07) is 2.81. The molecule has 0 radical (unpaired) electrons. The third-order valence-electron chi connectivity index (χ3n) is 9.04. The van der Waals surface area contributed by atoms with Crippen LogP contribution in [0.25, 0.3) is 0 Å². The number of hydrogen-bond acceptors (Lipinski definition) is 3. The minimum absolute atomic E-state index is 0.626. The predicted octanol–water partition coefficient (Wildman–Crippen LogP) is 3.16. The van der Waals surface area contributed by atoms with E-state index in [9.17, 15) is 0 Å². The number of nitrogens with zero attached hydrogens (tertiary/aromatic N) is 3. The average Bonchev–Trinajstić information content (AvgIpc) is 2.62. The molecule has 134 valence electrons. The monoisotopic (exact) mass is 329 g/mol. The Hall–Kier alpha value is -0.120. The quantitative estimate of drug-likeness (QED) is 0.676. The molecule has 5 aliphatic heterocycles. The molecule has 6 atom stereocenters. The lowest BCUT2D eigenvalue weighted by atomic mass is 9.51. The first-order valence-corrected chi connectivity index (χ1v) is 11.1. The van der Waals surface area contributed by atoms with Crippen LogP contribution in [-0.4, -0.2) is 65.7 Å². The van der Waals surface area contributed by atoms with Gasteiger partial charge in [-0.3, -0.25) is 14.7 Å². The van der Waals surface area contributed by atoms with Gasteiger partial charge >= 0.3 is 0 Å². The highest BCUT2D eigenvalue weighted by Gasteiger charge is 2.63. The smallest absolute Gasteiger partial charge is 0.0512 e. The third-order valence-corrected chi connectivity index (χ3v) is 9.04. The molecule has 5 heterocycles. The predicted molar refractivity (Wildman–Crippen MR) is 96.8 cm³/mol. The molecular weight excluding hydrogens is 294 g/mol. The highest BCUT2D eigenvalue weighted by atomic mass is 15.4. The Morgan fingerprint density at radius 2 is 1.54 bits per heavy atom. The van der Waals surface area contributed by atoms with Gasteiger partial charge in [-0.15, -0.1) is 0 Å². The van der Waals surface area contributed by atoms with E-state index in [1.807, 2.05) is 0 Å². The van der Waals surface area contributed by atoms with Crippen molar-refractivity contribution < 1.29 is 0 Å². The van der Waals surface area contributed by atoms with Gasteiger partial charge in [-0.1, -0.05) is 12.8 Å². The summed E-state index contributed by atoms with van der Waals surface area (Å²) in [7, 11) is 0. The van der Waals surface area contributed by atoms with Gasteiger partial charge in [-0.2, -0.15) is 0 Å². The average molecular weight is 330 g/mol. The lowest BCUT2D eigenvalue weighted by Crippen LogP contribution is -2.77. The summed E-state index contributed by atoms with van der Waals surface area (Å²) in [4.78, 5) is 8.91. The zero-order valence-corrected chi connectivity index (χ0v) is 15.3. The largest absolute Gasteiger partial charge is 0.299 e. The van der Waals surface area contributed by atoms with E-state index in [1.54, 1.807) is 19.3 Å². The summed E-state index contributed by atoms with van der Waals surface area (Å²) in [5.74, 6) is 2.06. The third kappa shape index (κ3) is 1.95. The summed E-state index contributed by atoms with van der Waals surface area (Å²) >= 11 is 0. The molecule has 6 fully saturated rings. The zero-order valence-electron chi connectivity index (χ0n) is 15.3. The minimum atomic E-state index is 0.626. The molecule has 1 spiro atoms. The molecule has 0 aromatic rings. The first kappa shape index (κ1) is 15.0. The fraction of sp³-hybridized carbons (Fsp3) is 1.00. The Kier molecular flexibility index (Phi) is 3.40. The van der Waals surface area contributed by atoms with Crippen LogP contribution in [0.4, 0.5) is 0 Å². The van der Waals surface area contributed by atoms with Gasteiger partial charge in [0.1, 0.15) is 0 Å². The molecule has 0 amide bonds. The van der Waals surface area contributed by atoms with Gasteiger partial charge in [0.2, 0.25) is 0 Å². The number of hydrogen-bond donors (Lipinski definition) is 0. The van der Waals surface area contributed by atoms with Crippen LogP contribution in [0, 0.1) is 17.3 Å². The van der Waals surface area contributed by atoms with Crippen molar-refractivity contribution in [3.8, 4) is 0 Å². The molecule has 0 aromatic carbocycles. The maximum Gasteiger partial charge on any atom is 0.0512 e. The fourth-order valence-corrected chi connectivity index (χ4v) is 8.53. The SMILES string of the molecule is C1CCN2C[C@]34C[C@H](C[C@H]5CCCN(CN6CCCC[C@H]63)[C@@H]54)[C@H]2C1. The second-order valence-electron chi connectivity index (χ2n) is 10.1. The van der Waals surface area contributed by atoms with Crippen LogP contribution in [0.5, 0.6) is 0 Å². The normalized spacial score (nSPS) is 52.2. The van der Waals surface area contributed by atoms with Crippen LogP contribution in [0.1, 0.15) is 64.2 Å². The van der Waals surface area contributed by atoms with Gasteiger partial charge in [-0.25, -0.2) is 0 Å². The lowest BCUT2D eigenvalue weighted by Gasteiger charge is -2.70. The second-order valence-corrected chi connectivity index (χ2v) is 10.1. The van der Waals surface area contributed by atoms with Crippen molar-refractivity contribution in [2.75, 3.05) is 32.8 Å². The first-order chi connectivity index (χ1) is 11.9. The van der Waals surface area contributed by atoms with Gasteiger partial charge in [-0.05, 0) is 82.8 Å². The summed E-state index contributed by atoms with van der Waals surface area (Å²) < 4.78 is 0. The van der Waals surface area contributed by atoms with E-state index in [-0.39, 0.29) is 0 Å². The highest BCUT2D eigenvalue weighted by Crippen LogP contribution is 2.59. The Labute approximate surface area is 147 Å². The molecule has 0 aromatic heterocycles. The van der Waals surface area contributed by atoms with Gasteiger partial charge in [0.15, 0.2) is 0 Å². The zero-order chi connectivity index (χ0) is 15.7. The van der Waals surface area contributed by atoms with Crippen molar-refractivity contribution in [2.45, 2.75) is 82.3 Å². The second kappa shape index (κ2) is 5.44. The van der Waals surface area contributed by atoms with Crippen LogP contribution >= 0.6 is 0 Å². The van der Waals surface area contributed by atoms with Crippen LogP contribution in [0.3, 0.4) is 0 Å². The van der Waals surface area contributed by atoms with Gasteiger partial charge in [0.05, 0.1) is 6.67 Å². The van der Waals surface area contributed by atoms with Crippen molar-refractivity contribution in [3.05, 3.63) is 0 Å². The van der Waals surface area contributed by atoms with Gasteiger partial charge in [0.25, 0.3) is 0 Å². The van der Waals surface area contributed by atoms with Crippen molar-refractivity contribution in [1.82, 2.24) is 14.7 Å². The molecule has 2 bridgehead atoms. The fourth-order valence-electron chi connectivity index (χ4n) is 8.53. The molecule has 0 N–H and O–H groups in total. The molecule has 3 heteroatoms. The van der Waals surface area contributed by atoms with Crippen LogP contribution in [0.15, 0.2) is 0 Å². The van der Waals surface area contributed by atoms with Crippen LogP contribution in [-0.2, 0) is 0 Å². The molecule has 0 unspecified atom stereocenters. The molecule has 5 saturated heterocycles. The highest BCUT2D eigenvalue weighted by molar-refractivity contribution is 5.16. The number of fused-ring (bicyclic) bond motifs is 4. The Bertz CT molecular complexity index is 507. The standard InChI is InChI=1S/C21H35N3/c1-3-9-22-14-21-13-17(18(22)7-1)12-16-6-5-11-24(20(16)21)15-23-10-4-2-8-19(21)23/h16-20H,1-15H2/t16-,17+,18-,19+,20+,21-/m1/s1. The Balaban J connectivity index is 1.43. The summed E-state index contributed by atoms with van der Waals surface area (Å²) in [5.41, 5.74) is 0.626. The summed E-state index contributed by atoms with van der Waals surface area (Å²) in [5, 5.41) is 0. The van der Waals surface area contributed by atoms with E-state index >= 15 is 0 Å². The molecule has 1 saturated carbocycles. The van der Waals surface area contributed by atoms with E-state index < -0.39 is 0 Å². The Morgan fingerprint density at radius 3 is 2.50 bits per heavy atom. The van der Waals surface area contributed by atoms with E-state index in [4.69, 9.17) is 0 Å². The Morgan fingerprint density at radius 1 is 0.708 bits per heavy atom. The topological polar surface area (TPSA) is 9.72 Å². The number of rotatable bonds is 0.